The molecule has 0 spiro atoms. The summed E-state index contributed by atoms with van der Waals surface area (Å²) in [5.74, 6) is 1.06. The number of carbonyl (C=O) groups excluding carboxylic acids is 1. The first-order valence-corrected chi connectivity index (χ1v) is 8.80. The Kier molecular flexibility index (Phi) is 5.92. The van der Waals surface area contributed by atoms with Gasteiger partial charge in [0.05, 0.1) is 0 Å². The van der Waals surface area contributed by atoms with Crippen LogP contribution in [0.1, 0.15) is 24.0 Å². The quantitative estimate of drug-likeness (QED) is 0.752. The predicted octanol–water partition coefficient (Wildman–Crippen LogP) is 2.89. The molecule has 0 saturated carbocycles. The Morgan fingerprint density at radius 1 is 1.08 bits per heavy atom. The van der Waals surface area contributed by atoms with Gasteiger partial charge in [-0.3, -0.25) is 4.79 Å². The van der Waals surface area contributed by atoms with Gasteiger partial charge in [-0.25, -0.2) is 0 Å². The van der Waals surface area contributed by atoms with Crippen molar-refractivity contribution in [3.8, 4) is 11.5 Å². The zero-order valence-electron chi connectivity index (χ0n) is 14.7. The van der Waals surface area contributed by atoms with Gasteiger partial charge in [0.25, 0.3) is 0 Å². The van der Waals surface area contributed by atoms with E-state index in [0.29, 0.717) is 12.2 Å². The molecular weight excluding hydrogens is 328 g/mol. The second kappa shape index (κ2) is 8.54. The number of amides is 1. The molecule has 1 heterocycles. The molecule has 1 saturated heterocycles. The molecule has 0 bridgehead atoms. The third kappa shape index (κ3) is 4.64. The molecule has 5 nitrogen and oxygen atoms in total. The van der Waals surface area contributed by atoms with E-state index in [2.05, 4.69) is 11.9 Å². The molecule has 0 atom stereocenters. The standard InChI is InChI=1S/C21H24N2O3/c1-15(21(22)24)20-5-3-2-4-16(20)14-25-17-6-8-18(9-7-17)26-19-10-12-23-13-11-19/h2-9,19,23H,1,10-14H2,(H2,22,24). The summed E-state index contributed by atoms with van der Waals surface area (Å²) in [6.45, 7) is 6.09. The van der Waals surface area contributed by atoms with Crippen LogP contribution in [0.5, 0.6) is 11.5 Å². The first-order valence-electron chi connectivity index (χ1n) is 8.80. The van der Waals surface area contributed by atoms with Crippen molar-refractivity contribution in [1.29, 1.82) is 0 Å². The van der Waals surface area contributed by atoms with Crippen molar-refractivity contribution < 1.29 is 14.3 Å². The number of hydrogen-bond donors (Lipinski definition) is 2. The molecule has 0 aromatic heterocycles. The Labute approximate surface area is 153 Å². The van der Waals surface area contributed by atoms with Crippen LogP contribution in [0.25, 0.3) is 5.57 Å². The number of piperidine rings is 1. The lowest BCUT2D eigenvalue weighted by molar-refractivity contribution is -0.112. The van der Waals surface area contributed by atoms with Gasteiger partial charge in [-0.05, 0) is 61.3 Å². The molecule has 2 aromatic carbocycles. The van der Waals surface area contributed by atoms with E-state index in [1.807, 2.05) is 48.5 Å². The number of carbonyl (C=O) groups is 1. The van der Waals surface area contributed by atoms with Gasteiger partial charge in [0, 0.05) is 5.57 Å². The van der Waals surface area contributed by atoms with E-state index in [0.717, 1.165) is 43.0 Å². The van der Waals surface area contributed by atoms with Crippen molar-refractivity contribution in [2.75, 3.05) is 13.1 Å². The van der Waals surface area contributed by atoms with Crippen molar-refractivity contribution in [3.05, 3.63) is 66.2 Å². The Balaban J connectivity index is 1.60. The molecule has 26 heavy (non-hydrogen) atoms. The molecule has 136 valence electrons. The fourth-order valence-electron chi connectivity index (χ4n) is 2.95. The van der Waals surface area contributed by atoms with Gasteiger partial charge in [-0.2, -0.15) is 0 Å². The number of rotatable bonds is 7. The van der Waals surface area contributed by atoms with Crippen LogP contribution in [0.3, 0.4) is 0 Å². The SMILES string of the molecule is C=C(C(N)=O)c1ccccc1COc1ccc(OC2CCNCC2)cc1. The lowest BCUT2D eigenvalue weighted by atomic mass is 10.0. The summed E-state index contributed by atoms with van der Waals surface area (Å²) in [6.07, 6.45) is 2.33. The van der Waals surface area contributed by atoms with Crippen molar-refractivity contribution in [2.45, 2.75) is 25.6 Å². The van der Waals surface area contributed by atoms with Gasteiger partial charge >= 0.3 is 0 Å². The van der Waals surface area contributed by atoms with Gasteiger partial charge in [0.15, 0.2) is 0 Å². The molecule has 5 heteroatoms. The number of primary amides is 1. The fourth-order valence-corrected chi connectivity index (χ4v) is 2.95. The van der Waals surface area contributed by atoms with Crippen molar-refractivity contribution in [2.24, 2.45) is 5.73 Å². The fraction of sp³-hybridized carbons (Fsp3) is 0.286. The summed E-state index contributed by atoms with van der Waals surface area (Å²) in [4.78, 5) is 11.4. The number of nitrogens with one attached hydrogen (secondary N) is 1. The van der Waals surface area contributed by atoms with Crippen LogP contribution in [0.4, 0.5) is 0 Å². The van der Waals surface area contributed by atoms with Crippen molar-refractivity contribution in [3.63, 3.8) is 0 Å². The monoisotopic (exact) mass is 352 g/mol. The molecule has 1 amide bonds. The Bertz CT molecular complexity index is 765. The van der Waals surface area contributed by atoms with Crippen LogP contribution < -0.4 is 20.5 Å². The minimum Gasteiger partial charge on any atom is -0.490 e. The zero-order valence-corrected chi connectivity index (χ0v) is 14.7. The third-order valence-electron chi connectivity index (χ3n) is 4.45. The zero-order chi connectivity index (χ0) is 18.4. The molecule has 2 aromatic rings. The molecule has 3 rings (SSSR count). The lowest BCUT2D eigenvalue weighted by Crippen LogP contribution is -2.34. The molecule has 1 aliphatic rings. The number of benzene rings is 2. The van der Waals surface area contributed by atoms with E-state index in [1.54, 1.807) is 0 Å². The molecule has 3 N–H and O–H groups in total. The molecular formula is C21H24N2O3. The van der Waals surface area contributed by atoms with Crippen LogP contribution in [-0.2, 0) is 11.4 Å². The second-order valence-corrected chi connectivity index (χ2v) is 6.33. The number of hydrogen-bond acceptors (Lipinski definition) is 4. The minimum atomic E-state index is -0.531. The molecule has 1 aliphatic heterocycles. The summed E-state index contributed by atoms with van der Waals surface area (Å²) in [6, 6.07) is 15.1. The summed E-state index contributed by atoms with van der Waals surface area (Å²) >= 11 is 0. The van der Waals surface area contributed by atoms with E-state index >= 15 is 0 Å². The molecule has 0 aliphatic carbocycles. The Morgan fingerprint density at radius 3 is 2.42 bits per heavy atom. The van der Waals surface area contributed by atoms with Crippen LogP contribution in [-0.4, -0.2) is 25.1 Å². The average Bonchev–Trinajstić information content (AvgIpc) is 2.68. The van der Waals surface area contributed by atoms with Crippen LogP contribution in [0.15, 0.2) is 55.1 Å². The van der Waals surface area contributed by atoms with Gasteiger partial charge in [-0.1, -0.05) is 30.8 Å². The maximum absolute atomic E-state index is 11.4. The lowest BCUT2D eigenvalue weighted by Gasteiger charge is -2.23. The largest absolute Gasteiger partial charge is 0.490 e. The van der Waals surface area contributed by atoms with E-state index < -0.39 is 5.91 Å². The Morgan fingerprint density at radius 2 is 1.73 bits per heavy atom. The smallest absolute Gasteiger partial charge is 0.248 e. The minimum absolute atomic E-state index is 0.273. The van der Waals surface area contributed by atoms with Gasteiger partial charge < -0.3 is 20.5 Å². The van der Waals surface area contributed by atoms with E-state index in [1.165, 1.54) is 0 Å². The maximum atomic E-state index is 11.4. The van der Waals surface area contributed by atoms with E-state index in [4.69, 9.17) is 15.2 Å². The molecule has 1 fully saturated rings. The summed E-state index contributed by atoms with van der Waals surface area (Å²) < 4.78 is 11.8. The van der Waals surface area contributed by atoms with Crippen LogP contribution >= 0.6 is 0 Å². The molecule has 0 radical (unpaired) electrons. The highest BCUT2D eigenvalue weighted by Crippen LogP contribution is 2.23. The van der Waals surface area contributed by atoms with Crippen molar-refractivity contribution >= 4 is 11.5 Å². The second-order valence-electron chi connectivity index (χ2n) is 6.33. The topological polar surface area (TPSA) is 73.6 Å². The van der Waals surface area contributed by atoms with Gasteiger partial charge in [0.1, 0.15) is 24.2 Å². The first-order chi connectivity index (χ1) is 12.6. The highest BCUT2D eigenvalue weighted by atomic mass is 16.5. The van der Waals surface area contributed by atoms with Crippen LogP contribution in [0, 0.1) is 0 Å². The van der Waals surface area contributed by atoms with E-state index in [9.17, 15) is 4.79 Å². The highest BCUT2D eigenvalue weighted by Gasteiger charge is 2.14. The summed E-state index contributed by atoms with van der Waals surface area (Å²) in [5.41, 5.74) is 7.21. The van der Waals surface area contributed by atoms with E-state index in [-0.39, 0.29) is 11.7 Å². The Hall–Kier alpha value is -2.79. The average molecular weight is 352 g/mol. The third-order valence-corrected chi connectivity index (χ3v) is 4.45. The van der Waals surface area contributed by atoms with Crippen molar-refractivity contribution in [1.82, 2.24) is 5.32 Å². The molecule has 0 unspecified atom stereocenters. The normalized spacial score (nSPS) is 14.6. The maximum Gasteiger partial charge on any atom is 0.248 e. The highest BCUT2D eigenvalue weighted by molar-refractivity contribution is 6.18. The number of ether oxygens (including phenoxy) is 2. The summed E-state index contributed by atoms with van der Waals surface area (Å²) in [7, 11) is 0. The van der Waals surface area contributed by atoms with Gasteiger partial charge in [0.2, 0.25) is 5.91 Å². The number of nitrogens with two attached hydrogens (primary N) is 1. The summed E-state index contributed by atoms with van der Waals surface area (Å²) in [5, 5.41) is 3.33. The predicted molar refractivity (Wildman–Crippen MR) is 102 cm³/mol. The first kappa shape index (κ1) is 18.0. The van der Waals surface area contributed by atoms with Gasteiger partial charge in [-0.15, -0.1) is 0 Å². The van der Waals surface area contributed by atoms with Crippen LogP contribution in [0.2, 0.25) is 0 Å².